The summed E-state index contributed by atoms with van der Waals surface area (Å²) in [5.74, 6) is -0.650. The predicted molar refractivity (Wildman–Crippen MR) is 66.2 cm³/mol. The van der Waals surface area contributed by atoms with Crippen LogP contribution in [0.2, 0.25) is 0 Å². The van der Waals surface area contributed by atoms with Crippen molar-refractivity contribution in [2.24, 2.45) is 10.9 Å². The second-order valence-electron chi connectivity index (χ2n) is 3.78. The third-order valence-corrected chi connectivity index (χ3v) is 2.52. The highest BCUT2D eigenvalue weighted by Crippen LogP contribution is 2.13. The minimum Gasteiger partial charge on any atom is -0.462 e. The van der Waals surface area contributed by atoms with Gasteiger partial charge in [-0.15, -0.1) is 0 Å². The Morgan fingerprint density at radius 2 is 2.37 bits per heavy atom. The summed E-state index contributed by atoms with van der Waals surface area (Å²) in [5.41, 5.74) is 7.00. The number of rotatable bonds is 3. The van der Waals surface area contributed by atoms with Gasteiger partial charge in [0.15, 0.2) is 11.5 Å². The standard InChI is InChI=1S/C11H13N5O3/c1-3-19-11(17)7-5-13-16-6(2)4-8(9(12)15-18)14-10(7)16/h4-5,18H,3H2,1-2H3,(H2,12,15). The molecule has 19 heavy (non-hydrogen) atoms. The molecule has 0 spiro atoms. The topological polar surface area (TPSA) is 115 Å². The molecule has 0 aliphatic carbocycles. The quantitative estimate of drug-likeness (QED) is 0.271. The van der Waals surface area contributed by atoms with Crippen molar-refractivity contribution >= 4 is 17.5 Å². The molecule has 0 saturated carbocycles. The normalized spacial score (nSPS) is 11.8. The van der Waals surface area contributed by atoms with Crippen LogP contribution in [0.5, 0.6) is 0 Å². The molecule has 0 atom stereocenters. The number of ether oxygens (including phenoxy) is 1. The van der Waals surface area contributed by atoms with E-state index in [1.165, 1.54) is 10.7 Å². The summed E-state index contributed by atoms with van der Waals surface area (Å²) in [4.78, 5) is 15.9. The molecule has 2 heterocycles. The number of hydrogen-bond acceptors (Lipinski definition) is 6. The van der Waals surface area contributed by atoms with E-state index in [1.807, 2.05) is 0 Å². The summed E-state index contributed by atoms with van der Waals surface area (Å²) < 4.78 is 6.40. The fourth-order valence-corrected chi connectivity index (χ4v) is 1.65. The third-order valence-electron chi connectivity index (χ3n) is 2.52. The maximum atomic E-state index is 11.8. The fraction of sp³-hybridized carbons (Fsp3) is 0.273. The van der Waals surface area contributed by atoms with Crippen molar-refractivity contribution in [3.05, 3.63) is 29.2 Å². The number of nitrogens with zero attached hydrogens (tertiary/aromatic N) is 4. The molecule has 8 nitrogen and oxygen atoms in total. The maximum absolute atomic E-state index is 11.8. The van der Waals surface area contributed by atoms with Gasteiger partial charge in [0.2, 0.25) is 0 Å². The lowest BCUT2D eigenvalue weighted by Gasteiger charge is -2.04. The highest BCUT2D eigenvalue weighted by molar-refractivity contribution is 5.98. The lowest BCUT2D eigenvalue weighted by molar-refractivity contribution is 0.0528. The number of fused-ring (bicyclic) bond motifs is 1. The van der Waals surface area contributed by atoms with E-state index in [4.69, 9.17) is 15.7 Å². The molecule has 2 rings (SSSR count). The molecule has 2 aromatic heterocycles. The van der Waals surface area contributed by atoms with E-state index in [-0.39, 0.29) is 23.7 Å². The van der Waals surface area contributed by atoms with Gasteiger partial charge in [-0.1, -0.05) is 5.16 Å². The monoisotopic (exact) mass is 263 g/mol. The van der Waals surface area contributed by atoms with Crippen LogP contribution in [0.1, 0.15) is 28.7 Å². The molecule has 0 aliphatic rings. The van der Waals surface area contributed by atoms with Crippen LogP contribution in [0.15, 0.2) is 17.4 Å². The molecule has 0 radical (unpaired) electrons. The van der Waals surface area contributed by atoms with Gasteiger partial charge in [-0.25, -0.2) is 14.3 Å². The number of aromatic nitrogens is 3. The average Bonchev–Trinajstić information content (AvgIpc) is 2.82. The van der Waals surface area contributed by atoms with E-state index in [9.17, 15) is 4.79 Å². The van der Waals surface area contributed by atoms with Crippen molar-refractivity contribution in [2.75, 3.05) is 6.61 Å². The zero-order valence-electron chi connectivity index (χ0n) is 10.5. The van der Waals surface area contributed by atoms with Gasteiger partial charge in [0.05, 0.1) is 12.8 Å². The number of amidine groups is 1. The number of aryl methyl sites for hydroxylation is 1. The van der Waals surface area contributed by atoms with Gasteiger partial charge in [0.1, 0.15) is 11.3 Å². The number of hydrogen-bond donors (Lipinski definition) is 2. The van der Waals surface area contributed by atoms with Gasteiger partial charge >= 0.3 is 5.97 Å². The van der Waals surface area contributed by atoms with Crippen molar-refractivity contribution < 1.29 is 14.7 Å². The smallest absolute Gasteiger partial charge is 0.343 e. The van der Waals surface area contributed by atoms with Crippen LogP contribution < -0.4 is 5.73 Å². The molecular weight excluding hydrogens is 250 g/mol. The zero-order valence-corrected chi connectivity index (χ0v) is 10.5. The molecule has 0 saturated heterocycles. The Kier molecular flexibility index (Phi) is 3.32. The van der Waals surface area contributed by atoms with Crippen LogP contribution in [-0.2, 0) is 4.74 Å². The second-order valence-corrected chi connectivity index (χ2v) is 3.78. The van der Waals surface area contributed by atoms with Crippen molar-refractivity contribution in [3.8, 4) is 0 Å². The van der Waals surface area contributed by atoms with E-state index in [0.717, 1.165) is 0 Å². The van der Waals surface area contributed by atoms with Gasteiger partial charge in [-0.2, -0.15) is 5.10 Å². The Morgan fingerprint density at radius 1 is 1.63 bits per heavy atom. The Balaban J connectivity index is 2.63. The van der Waals surface area contributed by atoms with E-state index >= 15 is 0 Å². The Bertz CT molecular complexity index is 662. The van der Waals surface area contributed by atoms with E-state index in [1.54, 1.807) is 19.9 Å². The summed E-state index contributed by atoms with van der Waals surface area (Å²) >= 11 is 0. The Labute approximate surface area is 108 Å². The van der Waals surface area contributed by atoms with Crippen molar-refractivity contribution in [1.82, 2.24) is 14.6 Å². The first-order chi connectivity index (χ1) is 9.08. The van der Waals surface area contributed by atoms with E-state index < -0.39 is 5.97 Å². The first kappa shape index (κ1) is 12.8. The molecule has 100 valence electrons. The maximum Gasteiger partial charge on any atom is 0.343 e. The molecule has 0 fully saturated rings. The van der Waals surface area contributed by atoms with Crippen LogP contribution in [0.3, 0.4) is 0 Å². The van der Waals surface area contributed by atoms with Crippen LogP contribution >= 0.6 is 0 Å². The predicted octanol–water partition coefficient (Wildman–Crippen LogP) is 0.309. The summed E-state index contributed by atoms with van der Waals surface area (Å²) in [5, 5.41) is 15.6. The Morgan fingerprint density at radius 3 is 3.00 bits per heavy atom. The first-order valence-corrected chi connectivity index (χ1v) is 5.58. The average molecular weight is 263 g/mol. The lowest BCUT2D eigenvalue weighted by Crippen LogP contribution is -2.17. The number of carbonyl (C=O) groups is 1. The minimum absolute atomic E-state index is 0.137. The van der Waals surface area contributed by atoms with Gasteiger partial charge < -0.3 is 15.7 Å². The minimum atomic E-state index is -0.513. The molecule has 0 unspecified atom stereocenters. The molecule has 8 heteroatoms. The summed E-state index contributed by atoms with van der Waals surface area (Å²) in [6.07, 6.45) is 1.38. The van der Waals surface area contributed by atoms with Gasteiger partial charge in [0.25, 0.3) is 0 Å². The van der Waals surface area contributed by atoms with Crippen LogP contribution in [0.25, 0.3) is 5.65 Å². The van der Waals surface area contributed by atoms with Crippen LogP contribution in [-0.4, -0.2) is 38.2 Å². The molecule has 0 aromatic carbocycles. The van der Waals surface area contributed by atoms with E-state index in [2.05, 4.69) is 15.2 Å². The summed E-state index contributed by atoms with van der Waals surface area (Å²) in [6.45, 7) is 3.74. The molecule has 0 aliphatic heterocycles. The van der Waals surface area contributed by atoms with Crippen LogP contribution in [0, 0.1) is 6.92 Å². The number of esters is 1. The third kappa shape index (κ3) is 2.19. The number of carbonyl (C=O) groups excluding carboxylic acids is 1. The Hall–Kier alpha value is -2.64. The molecule has 0 amide bonds. The highest BCUT2D eigenvalue weighted by Gasteiger charge is 2.17. The van der Waals surface area contributed by atoms with E-state index in [0.29, 0.717) is 11.3 Å². The molecule has 2 aromatic rings. The first-order valence-electron chi connectivity index (χ1n) is 5.58. The molecule has 0 bridgehead atoms. The highest BCUT2D eigenvalue weighted by atomic mass is 16.5. The van der Waals surface area contributed by atoms with Crippen molar-refractivity contribution in [1.29, 1.82) is 0 Å². The lowest BCUT2D eigenvalue weighted by atomic mass is 10.3. The molecule has 3 N–H and O–H groups in total. The SMILES string of the molecule is CCOC(=O)c1cnn2c(C)cc(C(N)=NO)nc12. The van der Waals surface area contributed by atoms with Gasteiger partial charge in [-0.3, -0.25) is 0 Å². The summed E-state index contributed by atoms with van der Waals surface area (Å²) in [6, 6.07) is 1.60. The fourth-order valence-electron chi connectivity index (χ4n) is 1.65. The second kappa shape index (κ2) is 4.92. The number of nitrogens with two attached hydrogens (primary N) is 1. The van der Waals surface area contributed by atoms with Crippen molar-refractivity contribution in [2.45, 2.75) is 13.8 Å². The van der Waals surface area contributed by atoms with Crippen LogP contribution in [0.4, 0.5) is 0 Å². The van der Waals surface area contributed by atoms with Gasteiger partial charge in [-0.05, 0) is 19.9 Å². The largest absolute Gasteiger partial charge is 0.462 e. The zero-order chi connectivity index (χ0) is 14.0. The number of oxime groups is 1. The summed E-state index contributed by atoms with van der Waals surface area (Å²) in [7, 11) is 0. The van der Waals surface area contributed by atoms with Crippen molar-refractivity contribution in [3.63, 3.8) is 0 Å². The van der Waals surface area contributed by atoms with Gasteiger partial charge in [0, 0.05) is 5.69 Å². The molecular formula is C11H13N5O3.